The van der Waals surface area contributed by atoms with Crippen molar-refractivity contribution in [2.75, 3.05) is 5.32 Å². The molecule has 2 aromatic heterocycles. The van der Waals surface area contributed by atoms with E-state index in [0.29, 0.717) is 27.1 Å². The molecule has 5 N–H and O–H groups in total. The second-order valence-corrected chi connectivity index (χ2v) is 7.55. The van der Waals surface area contributed by atoms with Gasteiger partial charge in [-0.1, -0.05) is 4.98 Å². The zero-order valence-corrected chi connectivity index (χ0v) is 14.5. The number of nitrogens with two attached hydrogens (primary N) is 1. The van der Waals surface area contributed by atoms with Crippen molar-refractivity contribution >= 4 is 38.6 Å². The number of fused-ring (bicyclic) bond motifs is 3. The third-order valence-electron chi connectivity index (χ3n) is 4.12. The van der Waals surface area contributed by atoms with Gasteiger partial charge >= 0.3 is 5.95 Å². The first-order valence-electron chi connectivity index (χ1n) is 7.73. The van der Waals surface area contributed by atoms with Gasteiger partial charge in [-0.2, -0.15) is 0 Å². The first kappa shape index (κ1) is 17.2. The number of carbonyl (C=O) groups is 1. The van der Waals surface area contributed by atoms with Crippen LogP contribution in [0.15, 0.2) is 41.4 Å². The fourth-order valence-electron chi connectivity index (χ4n) is 2.89. The lowest BCUT2D eigenvalue weighted by Gasteiger charge is -2.21. The highest BCUT2D eigenvalue weighted by Gasteiger charge is 2.27. The van der Waals surface area contributed by atoms with Crippen molar-refractivity contribution in [3.63, 3.8) is 0 Å². The van der Waals surface area contributed by atoms with E-state index >= 15 is 0 Å². The first-order valence-corrected chi connectivity index (χ1v) is 9.28. The molecule has 1 unspecified atom stereocenters. The van der Waals surface area contributed by atoms with E-state index in [1.807, 2.05) is 0 Å². The molecule has 1 amide bonds. The van der Waals surface area contributed by atoms with Crippen LogP contribution in [-0.4, -0.2) is 29.0 Å². The van der Waals surface area contributed by atoms with Gasteiger partial charge in [0.05, 0.1) is 27.9 Å². The topological polar surface area (TPSA) is 166 Å². The number of primary sulfonamides is 1. The Bertz CT molecular complexity index is 1170. The molecule has 0 bridgehead atoms. The molecule has 12 heteroatoms. The van der Waals surface area contributed by atoms with Crippen LogP contribution < -0.4 is 20.5 Å². The van der Waals surface area contributed by atoms with Gasteiger partial charge in [0.15, 0.2) is 6.23 Å². The lowest BCUT2D eigenvalue weighted by molar-refractivity contribution is -0.591. The van der Waals surface area contributed by atoms with Gasteiger partial charge in [-0.15, -0.1) is 0 Å². The van der Waals surface area contributed by atoms with E-state index in [-0.39, 0.29) is 23.3 Å². The molecular formula is C15H14N6O5S. The predicted molar refractivity (Wildman–Crippen MR) is 92.9 cm³/mol. The Morgan fingerprint density at radius 1 is 1.37 bits per heavy atom. The van der Waals surface area contributed by atoms with E-state index in [1.54, 1.807) is 6.07 Å². The number of anilines is 2. The van der Waals surface area contributed by atoms with Crippen LogP contribution in [0.2, 0.25) is 0 Å². The third kappa shape index (κ3) is 3.05. The molecule has 1 aliphatic rings. The molecule has 0 radical (unpaired) electrons. The number of carbonyl (C=O) groups excluding carboxylic acids is 1. The van der Waals surface area contributed by atoms with Gasteiger partial charge in [-0.25, -0.2) is 23.6 Å². The monoisotopic (exact) mass is 390 g/mol. The maximum absolute atomic E-state index is 12.2. The maximum Gasteiger partial charge on any atom is 0.399 e. The number of aliphatic hydroxyl groups is 1. The highest BCUT2D eigenvalue weighted by molar-refractivity contribution is 7.89. The number of hydrogen-bond acceptors (Lipinski definition) is 7. The second-order valence-electron chi connectivity index (χ2n) is 5.99. The van der Waals surface area contributed by atoms with Crippen LogP contribution in [0.4, 0.5) is 11.6 Å². The maximum atomic E-state index is 12.2. The number of amides is 1. The minimum Gasteiger partial charge on any atom is -0.740 e. The van der Waals surface area contributed by atoms with E-state index in [2.05, 4.69) is 15.6 Å². The van der Waals surface area contributed by atoms with Crippen LogP contribution in [0, 0.1) is 5.21 Å². The minimum absolute atomic E-state index is 0.0335. The molecule has 1 atom stereocenters. The Morgan fingerprint density at radius 3 is 2.74 bits per heavy atom. The summed E-state index contributed by atoms with van der Waals surface area (Å²) in [5.74, 6) is -0.450. The molecule has 1 aliphatic heterocycles. The highest BCUT2D eigenvalue weighted by Crippen LogP contribution is 2.25. The second kappa shape index (κ2) is 5.90. The number of nitrogens with one attached hydrogen (secondary N) is 2. The van der Waals surface area contributed by atoms with Crippen molar-refractivity contribution in [1.82, 2.24) is 14.9 Å². The van der Waals surface area contributed by atoms with Crippen LogP contribution in [0.5, 0.6) is 0 Å². The van der Waals surface area contributed by atoms with Gasteiger partial charge in [0.2, 0.25) is 21.6 Å². The molecule has 4 rings (SSSR count). The summed E-state index contributed by atoms with van der Waals surface area (Å²) in [6.45, 7) is -0.0335. The summed E-state index contributed by atoms with van der Waals surface area (Å²) in [4.78, 5) is 15.9. The average molecular weight is 390 g/mol. The Kier molecular flexibility index (Phi) is 3.76. The van der Waals surface area contributed by atoms with Crippen LogP contribution >= 0.6 is 0 Å². The number of aliphatic hydroxyl groups excluding tert-OH is 1. The molecule has 3 heterocycles. The smallest absolute Gasteiger partial charge is 0.399 e. The van der Waals surface area contributed by atoms with E-state index in [1.165, 1.54) is 35.0 Å². The van der Waals surface area contributed by atoms with Crippen LogP contribution in [0.1, 0.15) is 11.9 Å². The van der Waals surface area contributed by atoms with E-state index < -0.39 is 16.3 Å². The van der Waals surface area contributed by atoms with E-state index in [4.69, 9.17) is 5.14 Å². The zero-order chi connectivity index (χ0) is 19.3. The van der Waals surface area contributed by atoms with Crippen molar-refractivity contribution in [3.8, 4) is 0 Å². The molecular weight excluding hydrogens is 376 g/mol. The van der Waals surface area contributed by atoms with Crippen LogP contribution in [0.25, 0.3) is 11.0 Å². The summed E-state index contributed by atoms with van der Waals surface area (Å²) in [7, 11) is -3.82. The molecule has 0 fully saturated rings. The SMILES string of the molecule is NS(=O)(=O)c1ccc(Nc2nc3c(cc4n3CC(=O)NC4O)c[n+]2[O-])cc1. The van der Waals surface area contributed by atoms with E-state index in [0.717, 1.165) is 0 Å². The number of hydrogen-bond donors (Lipinski definition) is 4. The summed E-state index contributed by atoms with van der Waals surface area (Å²) < 4.78 is 24.6. The van der Waals surface area contributed by atoms with E-state index in [9.17, 15) is 23.5 Å². The van der Waals surface area contributed by atoms with Crippen LogP contribution in [-0.2, 0) is 21.4 Å². The number of benzene rings is 1. The third-order valence-corrected chi connectivity index (χ3v) is 5.05. The highest BCUT2D eigenvalue weighted by atomic mass is 32.2. The summed E-state index contributed by atoms with van der Waals surface area (Å²) in [6.07, 6.45) is 0.0917. The number of aromatic nitrogens is 3. The van der Waals surface area contributed by atoms with Gasteiger partial charge in [0, 0.05) is 0 Å². The Labute approximate surface area is 152 Å². The Hall–Kier alpha value is -3.22. The fourth-order valence-corrected chi connectivity index (χ4v) is 3.40. The predicted octanol–water partition coefficient (Wildman–Crippen LogP) is -0.819. The lowest BCUT2D eigenvalue weighted by Crippen LogP contribution is -2.38. The largest absolute Gasteiger partial charge is 0.740 e. The summed E-state index contributed by atoms with van der Waals surface area (Å²) in [5.41, 5.74) is 1.20. The average Bonchev–Trinajstić information content (AvgIpc) is 2.93. The number of sulfonamides is 1. The summed E-state index contributed by atoms with van der Waals surface area (Å²) in [5, 5.41) is 32.9. The lowest BCUT2D eigenvalue weighted by atomic mass is 10.3. The zero-order valence-electron chi connectivity index (χ0n) is 13.7. The quantitative estimate of drug-likeness (QED) is 0.335. The summed E-state index contributed by atoms with van der Waals surface area (Å²) >= 11 is 0. The standard InChI is InChI=1S/C15H14N6O5S/c16-27(25,26)10-3-1-9(2-4-10)17-15-19-13-8(6-21(15)24)5-11-14(23)18-12(22)7-20(11)13/h1-6,14,23H,7H2,(H,17,19)(H,18,22)(H2,16,25,26). The Balaban J connectivity index is 1.73. The van der Waals surface area contributed by atoms with Crippen molar-refractivity contribution in [2.24, 2.45) is 5.14 Å². The normalized spacial score (nSPS) is 16.8. The van der Waals surface area contributed by atoms with Gasteiger partial charge in [0.1, 0.15) is 6.54 Å². The fraction of sp³-hybridized carbons (Fsp3) is 0.133. The molecule has 0 aliphatic carbocycles. The molecule has 0 saturated heterocycles. The molecule has 27 heavy (non-hydrogen) atoms. The van der Waals surface area contributed by atoms with Gasteiger partial charge in [-0.3, -0.25) is 4.79 Å². The minimum atomic E-state index is -3.82. The Morgan fingerprint density at radius 2 is 2.07 bits per heavy atom. The van der Waals surface area contributed by atoms with Gasteiger partial charge < -0.3 is 20.2 Å². The number of rotatable bonds is 3. The van der Waals surface area contributed by atoms with Crippen molar-refractivity contribution < 1.29 is 23.0 Å². The molecule has 3 aromatic rings. The molecule has 1 aromatic carbocycles. The molecule has 140 valence electrons. The van der Waals surface area contributed by atoms with Crippen molar-refractivity contribution in [3.05, 3.63) is 47.4 Å². The van der Waals surface area contributed by atoms with Crippen LogP contribution in [0.3, 0.4) is 0 Å². The van der Waals surface area contributed by atoms with Crippen molar-refractivity contribution in [2.45, 2.75) is 17.7 Å². The van der Waals surface area contributed by atoms with Gasteiger partial charge in [-0.05, 0) is 30.3 Å². The molecule has 0 spiro atoms. The molecule has 0 saturated carbocycles. The number of nitrogens with zero attached hydrogens (tertiary/aromatic N) is 3. The molecule has 11 nitrogen and oxygen atoms in total. The first-order chi connectivity index (χ1) is 12.7. The van der Waals surface area contributed by atoms with Gasteiger partial charge in [0.25, 0.3) is 0 Å². The van der Waals surface area contributed by atoms with Crippen molar-refractivity contribution in [1.29, 1.82) is 0 Å². The summed E-state index contributed by atoms with van der Waals surface area (Å²) in [6, 6.07) is 7.05.